The van der Waals surface area contributed by atoms with Crippen LogP contribution in [-0.2, 0) is 4.79 Å². The smallest absolute Gasteiger partial charge is 0.259 e. The molecule has 3 aromatic carbocycles. The highest BCUT2D eigenvalue weighted by Gasteiger charge is 2.31. The molecule has 0 saturated heterocycles. The van der Waals surface area contributed by atoms with Gasteiger partial charge in [-0.25, -0.2) is 0 Å². The van der Waals surface area contributed by atoms with E-state index in [1.807, 2.05) is 49.4 Å². The summed E-state index contributed by atoms with van der Waals surface area (Å²) in [6.45, 7) is 1.85. The Kier molecular flexibility index (Phi) is 4.84. The number of nitrogens with one attached hydrogen (secondary N) is 1. The lowest BCUT2D eigenvalue weighted by Gasteiger charge is -2.20. The third-order valence-electron chi connectivity index (χ3n) is 5.24. The van der Waals surface area contributed by atoms with Gasteiger partial charge in [0.1, 0.15) is 6.54 Å². The van der Waals surface area contributed by atoms with E-state index in [9.17, 15) is 9.59 Å². The van der Waals surface area contributed by atoms with E-state index in [1.165, 1.54) is 4.90 Å². The minimum absolute atomic E-state index is 0.0374. The van der Waals surface area contributed by atoms with Crippen LogP contribution in [0.25, 0.3) is 10.8 Å². The molecule has 0 bridgehead atoms. The van der Waals surface area contributed by atoms with E-state index in [-0.39, 0.29) is 24.4 Å². The summed E-state index contributed by atoms with van der Waals surface area (Å²) in [4.78, 5) is 27.1. The van der Waals surface area contributed by atoms with Crippen molar-refractivity contribution in [3.63, 3.8) is 0 Å². The van der Waals surface area contributed by atoms with Crippen LogP contribution >= 0.6 is 0 Å². The largest absolute Gasteiger partial charge is 0.493 e. The molecule has 0 unspecified atom stereocenters. The van der Waals surface area contributed by atoms with E-state index in [0.29, 0.717) is 17.1 Å². The zero-order valence-corrected chi connectivity index (χ0v) is 16.6. The molecule has 3 aromatic rings. The van der Waals surface area contributed by atoms with Crippen LogP contribution in [0.3, 0.4) is 0 Å². The molecule has 0 saturated carbocycles. The van der Waals surface area contributed by atoms with Crippen molar-refractivity contribution in [1.82, 2.24) is 5.32 Å². The molecular weight excluding hydrogens is 368 g/mol. The number of anilines is 1. The van der Waals surface area contributed by atoms with Crippen molar-refractivity contribution in [2.24, 2.45) is 0 Å². The van der Waals surface area contributed by atoms with Crippen molar-refractivity contribution in [2.75, 3.05) is 25.7 Å². The van der Waals surface area contributed by atoms with Crippen molar-refractivity contribution in [3.8, 4) is 11.5 Å². The Morgan fingerprint density at radius 3 is 2.48 bits per heavy atom. The number of hydrogen-bond acceptors (Lipinski definition) is 4. The summed E-state index contributed by atoms with van der Waals surface area (Å²) >= 11 is 0. The average molecular weight is 390 g/mol. The van der Waals surface area contributed by atoms with Gasteiger partial charge >= 0.3 is 0 Å². The molecule has 29 heavy (non-hydrogen) atoms. The second-order valence-electron chi connectivity index (χ2n) is 6.98. The summed E-state index contributed by atoms with van der Waals surface area (Å²) < 4.78 is 10.6. The summed E-state index contributed by atoms with van der Waals surface area (Å²) in [5, 5.41) is 4.86. The normalized spacial score (nSPS) is 13.5. The minimum atomic E-state index is -0.252. The summed E-state index contributed by atoms with van der Waals surface area (Å²) in [7, 11) is 3.15. The van der Waals surface area contributed by atoms with Gasteiger partial charge in [0.2, 0.25) is 5.91 Å². The van der Waals surface area contributed by atoms with E-state index in [4.69, 9.17) is 9.47 Å². The minimum Gasteiger partial charge on any atom is -0.493 e. The number of hydrogen-bond donors (Lipinski definition) is 1. The maximum atomic E-state index is 12.8. The number of amides is 2. The summed E-state index contributed by atoms with van der Waals surface area (Å²) in [5.74, 6) is 0.849. The highest BCUT2D eigenvalue weighted by molar-refractivity contribution is 6.26. The van der Waals surface area contributed by atoms with Crippen LogP contribution in [0.15, 0.2) is 54.6 Å². The quantitative estimate of drug-likeness (QED) is 0.697. The molecule has 148 valence electrons. The lowest BCUT2D eigenvalue weighted by molar-refractivity contribution is -0.120. The summed E-state index contributed by atoms with van der Waals surface area (Å²) in [5.41, 5.74) is 2.30. The fraction of sp³-hybridized carbons (Fsp3) is 0.217. The van der Waals surface area contributed by atoms with E-state index in [2.05, 4.69) is 5.32 Å². The van der Waals surface area contributed by atoms with Crippen LogP contribution in [0.2, 0.25) is 0 Å². The first-order chi connectivity index (χ1) is 14.0. The number of benzene rings is 3. The second kappa shape index (κ2) is 7.47. The maximum Gasteiger partial charge on any atom is 0.259 e. The summed E-state index contributed by atoms with van der Waals surface area (Å²) in [6, 6.07) is 16.7. The highest BCUT2D eigenvalue weighted by atomic mass is 16.5. The van der Waals surface area contributed by atoms with Gasteiger partial charge < -0.3 is 14.8 Å². The Hall–Kier alpha value is -3.54. The molecule has 0 aromatic heterocycles. The predicted molar refractivity (Wildman–Crippen MR) is 112 cm³/mol. The first kappa shape index (κ1) is 18.8. The zero-order valence-electron chi connectivity index (χ0n) is 16.6. The van der Waals surface area contributed by atoms with Gasteiger partial charge in [-0.05, 0) is 42.1 Å². The molecular formula is C23H22N2O4. The first-order valence-corrected chi connectivity index (χ1v) is 9.38. The van der Waals surface area contributed by atoms with E-state index >= 15 is 0 Å². The number of rotatable bonds is 6. The average Bonchev–Trinajstić information content (AvgIpc) is 3.01. The topological polar surface area (TPSA) is 67.9 Å². The van der Waals surface area contributed by atoms with E-state index in [0.717, 1.165) is 22.0 Å². The van der Waals surface area contributed by atoms with Crippen molar-refractivity contribution < 1.29 is 19.1 Å². The number of methoxy groups -OCH3 is 2. The monoisotopic (exact) mass is 390 g/mol. The van der Waals surface area contributed by atoms with Gasteiger partial charge in [-0.2, -0.15) is 0 Å². The van der Waals surface area contributed by atoms with Crippen LogP contribution in [0, 0.1) is 0 Å². The van der Waals surface area contributed by atoms with Gasteiger partial charge in [0.05, 0.1) is 25.9 Å². The number of ether oxygens (including phenoxy) is 2. The van der Waals surface area contributed by atoms with Gasteiger partial charge in [-0.3, -0.25) is 14.5 Å². The van der Waals surface area contributed by atoms with Gasteiger partial charge in [0.25, 0.3) is 5.91 Å². The van der Waals surface area contributed by atoms with Gasteiger partial charge in [0, 0.05) is 10.9 Å². The summed E-state index contributed by atoms with van der Waals surface area (Å²) in [6.07, 6.45) is 0. The third-order valence-corrected chi connectivity index (χ3v) is 5.24. The zero-order chi connectivity index (χ0) is 20.5. The second-order valence-corrected chi connectivity index (χ2v) is 6.98. The molecule has 2 amide bonds. The van der Waals surface area contributed by atoms with Crippen LogP contribution in [-0.4, -0.2) is 32.6 Å². The molecule has 1 heterocycles. The molecule has 0 spiro atoms. The Morgan fingerprint density at radius 1 is 1.03 bits per heavy atom. The molecule has 1 atom stereocenters. The van der Waals surface area contributed by atoms with Crippen LogP contribution in [0.4, 0.5) is 5.69 Å². The Balaban J connectivity index is 1.51. The van der Waals surface area contributed by atoms with Gasteiger partial charge in [0.15, 0.2) is 11.5 Å². The van der Waals surface area contributed by atoms with Crippen molar-refractivity contribution >= 4 is 28.3 Å². The highest BCUT2D eigenvalue weighted by Crippen LogP contribution is 2.37. The van der Waals surface area contributed by atoms with E-state index in [1.54, 1.807) is 26.4 Å². The van der Waals surface area contributed by atoms with Crippen LogP contribution in [0.1, 0.15) is 28.9 Å². The molecule has 6 heteroatoms. The van der Waals surface area contributed by atoms with Gasteiger partial charge in [-0.1, -0.05) is 30.3 Å². The molecule has 0 aliphatic carbocycles. The fourth-order valence-electron chi connectivity index (χ4n) is 3.77. The van der Waals surface area contributed by atoms with Crippen LogP contribution < -0.4 is 19.7 Å². The third kappa shape index (κ3) is 3.27. The maximum absolute atomic E-state index is 12.8. The Bertz CT molecular complexity index is 1100. The standard InChI is InChI=1S/C23H22N2O4/c1-14(16-10-11-19(28-2)20(12-16)29-3)24-21(26)13-25-18-9-5-7-15-6-4-8-17(22(15)18)23(25)27/h4-12,14H,13H2,1-3H3,(H,24,26)/t14-/m0/s1. The first-order valence-electron chi connectivity index (χ1n) is 9.38. The molecule has 1 aliphatic heterocycles. The van der Waals surface area contributed by atoms with Gasteiger partial charge in [-0.15, -0.1) is 0 Å². The van der Waals surface area contributed by atoms with Crippen molar-refractivity contribution in [1.29, 1.82) is 0 Å². The molecule has 6 nitrogen and oxygen atoms in total. The molecule has 0 fully saturated rings. The molecule has 1 N–H and O–H groups in total. The van der Waals surface area contributed by atoms with Crippen molar-refractivity contribution in [3.05, 3.63) is 65.7 Å². The number of nitrogens with zero attached hydrogens (tertiary/aromatic N) is 1. The lowest BCUT2D eigenvalue weighted by Crippen LogP contribution is -2.39. The lowest BCUT2D eigenvalue weighted by atomic mass is 10.1. The SMILES string of the molecule is COc1ccc([C@H](C)NC(=O)CN2C(=O)c3cccc4cccc2c34)cc1OC. The Labute approximate surface area is 169 Å². The predicted octanol–water partition coefficient (Wildman–Crippen LogP) is 3.69. The van der Waals surface area contributed by atoms with Crippen LogP contribution in [0.5, 0.6) is 11.5 Å². The molecule has 1 aliphatic rings. The van der Waals surface area contributed by atoms with Crippen molar-refractivity contribution in [2.45, 2.75) is 13.0 Å². The molecule has 4 rings (SSSR count). The van der Waals surface area contributed by atoms with E-state index < -0.39 is 0 Å². The number of carbonyl (C=O) groups is 2. The number of carbonyl (C=O) groups excluding carboxylic acids is 2. The molecule has 0 radical (unpaired) electrons. The Morgan fingerprint density at radius 2 is 1.76 bits per heavy atom. The fourth-order valence-corrected chi connectivity index (χ4v) is 3.77.